The molecule has 1 aliphatic heterocycles. The van der Waals surface area contributed by atoms with E-state index in [1.807, 2.05) is 36.4 Å². The van der Waals surface area contributed by atoms with E-state index < -0.39 is 5.97 Å². The topological polar surface area (TPSA) is 112 Å². The molecule has 0 aromatic heterocycles. The lowest BCUT2D eigenvalue weighted by Gasteiger charge is -2.15. The maximum Gasteiger partial charge on any atom is 0.343 e. The third-order valence-electron chi connectivity index (χ3n) is 6.88. The summed E-state index contributed by atoms with van der Waals surface area (Å²) in [7, 11) is 0. The fraction of sp³-hybridized carbons (Fsp3) is 0.472. The van der Waals surface area contributed by atoms with Gasteiger partial charge < -0.3 is 47.9 Å². The second kappa shape index (κ2) is 21.8. The predicted molar refractivity (Wildman–Crippen MR) is 176 cm³/mol. The Kier molecular flexibility index (Phi) is 16.7. The smallest absolute Gasteiger partial charge is 0.343 e. The molecule has 0 atom stereocenters. The van der Waals surface area contributed by atoms with E-state index in [-0.39, 0.29) is 13.2 Å². The Labute approximate surface area is 277 Å². The molecular formula is C36H47NO10. The number of carbonyl (C=O) groups excluding carboxylic acids is 1. The van der Waals surface area contributed by atoms with E-state index in [2.05, 4.69) is 12.2 Å². The molecule has 0 aliphatic carbocycles. The zero-order valence-corrected chi connectivity index (χ0v) is 27.2. The minimum atomic E-state index is -0.496. The molecule has 0 amide bonds. The Bertz CT molecular complexity index is 1300. The van der Waals surface area contributed by atoms with Crippen LogP contribution in [0, 0.1) is 0 Å². The highest BCUT2D eigenvalue weighted by molar-refractivity contribution is 5.91. The highest BCUT2D eigenvalue weighted by Crippen LogP contribution is 2.29. The van der Waals surface area contributed by atoms with E-state index in [4.69, 9.17) is 42.6 Å². The van der Waals surface area contributed by atoms with Crippen LogP contribution in [0.15, 0.2) is 66.7 Å². The number of fused-ring (bicyclic) bond motifs is 2. The number of para-hydroxylation sites is 2. The fourth-order valence-electron chi connectivity index (χ4n) is 4.42. The third-order valence-corrected chi connectivity index (χ3v) is 6.88. The molecule has 0 fully saturated rings. The number of ether oxygens (including phenoxy) is 9. The van der Waals surface area contributed by atoms with Crippen LogP contribution >= 0.6 is 0 Å². The molecule has 3 aromatic rings. The first-order valence-corrected chi connectivity index (χ1v) is 16.3. The van der Waals surface area contributed by atoms with Crippen molar-refractivity contribution in [1.29, 1.82) is 0 Å². The molecule has 1 aliphatic rings. The molecule has 11 heteroatoms. The minimum Gasteiger partial charge on any atom is -0.487 e. The quantitative estimate of drug-likeness (QED) is 0.209. The molecule has 0 unspecified atom stereocenters. The molecule has 47 heavy (non-hydrogen) atoms. The fourth-order valence-corrected chi connectivity index (χ4v) is 4.42. The summed E-state index contributed by atoms with van der Waals surface area (Å²) in [5.41, 5.74) is 1.46. The molecule has 1 N–H and O–H groups in total. The minimum absolute atomic E-state index is 0.246. The van der Waals surface area contributed by atoms with E-state index in [9.17, 15) is 4.79 Å². The van der Waals surface area contributed by atoms with Gasteiger partial charge in [0.25, 0.3) is 0 Å². The number of hydrogen-bond donors (Lipinski definition) is 1. The zero-order valence-electron chi connectivity index (χ0n) is 27.2. The van der Waals surface area contributed by atoms with Crippen molar-refractivity contribution in [3.63, 3.8) is 0 Å². The summed E-state index contributed by atoms with van der Waals surface area (Å²) in [6.45, 7) is 8.31. The van der Waals surface area contributed by atoms with E-state index >= 15 is 0 Å². The summed E-state index contributed by atoms with van der Waals surface area (Å²) in [5, 5.41) is 3.41. The van der Waals surface area contributed by atoms with Gasteiger partial charge in [-0.2, -0.15) is 0 Å². The van der Waals surface area contributed by atoms with Gasteiger partial charge in [-0.05, 0) is 61.0 Å². The highest BCUT2D eigenvalue weighted by atomic mass is 16.6. The zero-order chi connectivity index (χ0) is 32.8. The second-order valence-electron chi connectivity index (χ2n) is 10.5. The molecule has 11 nitrogen and oxygen atoms in total. The monoisotopic (exact) mass is 653 g/mol. The van der Waals surface area contributed by atoms with Crippen LogP contribution in [-0.4, -0.2) is 91.8 Å². The molecule has 3 aromatic carbocycles. The van der Waals surface area contributed by atoms with Crippen molar-refractivity contribution in [2.24, 2.45) is 0 Å². The maximum atomic E-state index is 13.0. The number of nitrogens with one attached hydrogen (secondary N) is 1. The molecule has 0 saturated carbocycles. The van der Waals surface area contributed by atoms with Gasteiger partial charge in [-0.15, -0.1) is 0 Å². The molecule has 4 rings (SSSR count). The van der Waals surface area contributed by atoms with Gasteiger partial charge in [0.2, 0.25) is 0 Å². The first-order chi connectivity index (χ1) is 23.2. The molecule has 0 radical (unpaired) electrons. The van der Waals surface area contributed by atoms with Gasteiger partial charge in [0.05, 0.1) is 58.4 Å². The molecule has 1 heterocycles. The van der Waals surface area contributed by atoms with Crippen LogP contribution in [0.5, 0.6) is 28.7 Å². The van der Waals surface area contributed by atoms with Gasteiger partial charge in [-0.1, -0.05) is 37.6 Å². The Morgan fingerprint density at radius 2 is 1.11 bits per heavy atom. The third kappa shape index (κ3) is 13.8. The molecule has 0 saturated heterocycles. The molecular weight excluding hydrogens is 606 g/mol. The van der Waals surface area contributed by atoms with Crippen LogP contribution < -0.4 is 29.0 Å². The summed E-state index contributed by atoms with van der Waals surface area (Å²) in [5.74, 6) is 2.17. The lowest BCUT2D eigenvalue weighted by molar-refractivity contribution is 0.0223. The van der Waals surface area contributed by atoms with Gasteiger partial charge in [0, 0.05) is 6.54 Å². The van der Waals surface area contributed by atoms with E-state index in [1.54, 1.807) is 30.3 Å². The van der Waals surface area contributed by atoms with Crippen molar-refractivity contribution in [2.75, 3.05) is 85.8 Å². The Hall–Kier alpha value is -3.87. The van der Waals surface area contributed by atoms with Crippen molar-refractivity contribution in [2.45, 2.75) is 26.3 Å². The number of rotatable bonds is 7. The van der Waals surface area contributed by atoms with Crippen molar-refractivity contribution in [1.82, 2.24) is 5.32 Å². The van der Waals surface area contributed by atoms with E-state index in [0.717, 1.165) is 31.5 Å². The first-order valence-electron chi connectivity index (χ1n) is 16.3. The number of carbonyl (C=O) groups is 1. The van der Waals surface area contributed by atoms with Gasteiger partial charge in [0.1, 0.15) is 32.2 Å². The average molecular weight is 654 g/mol. The average Bonchev–Trinajstić information content (AvgIpc) is 3.09. The summed E-state index contributed by atoms with van der Waals surface area (Å²) in [6, 6.07) is 20.0. The number of unbranched alkanes of at least 4 members (excludes halogenated alkanes) is 1. The Morgan fingerprint density at radius 3 is 1.64 bits per heavy atom. The summed E-state index contributed by atoms with van der Waals surface area (Å²) in [6.07, 6.45) is 2.29. The van der Waals surface area contributed by atoms with Crippen molar-refractivity contribution >= 4 is 5.97 Å². The van der Waals surface area contributed by atoms with Gasteiger partial charge in [-0.3, -0.25) is 0 Å². The SMILES string of the molecule is CCCCNCc1ccc(OC(=O)c2ccc3c(c2)OCCOCCOCCOc2ccccc2OCCOCCOCCO3)cc1. The van der Waals surface area contributed by atoms with Crippen LogP contribution in [0.25, 0.3) is 0 Å². The van der Waals surface area contributed by atoms with Crippen LogP contribution in [0.4, 0.5) is 0 Å². The lowest BCUT2D eigenvalue weighted by atomic mass is 10.2. The largest absolute Gasteiger partial charge is 0.487 e. The molecule has 256 valence electrons. The molecule has 0 spiro atoms. The predicted octanol–water partition coefficient (Wildman–Crippen LogP) is 5.09. The van der Waals surface area contributed by atoms with Gasteiger partial charge in [-0.25, -0.2) is 4.79 Å². The van der Waals surface area contributed by atoms with Crippen molar-refractivity contribution in [3.8, 4) is 28.7 Å². The second-order valence-corrected chi connectivity index (χ2v) is 10.5. The van der Waals surface area contributed by atoms with E-state index in [0.29, 0.717) is 100 Å². The first kappa shape index (κ1) is 36.0. The van der Waals surface area contributed by atoms with Crippen LogP contribution in [0.1, 0.15) is 35.7 Å². The number of hydrogen-bond acceptors (Lipinski definition) is 11. The van der Waals surface area contributed by atoms with Gasteiger partial charge >= 0.3 is 5.97 Å². The van der Waals surface area contributed by atoms with Crippen LogP contribution in [0.2, 0.25) is 0 Å². The highest BCUT2D eigenvalue weighted by Gasteiger charge is 2.15. The normalized spacial score (nSPS) is 16.0. The molecule has 0 bridgehead atoms. The van der Waals surface area contributed by atoms with Crippen LogP contribution in [-0.2, 0) is 25.5 Å². The lowest BCUT2D eigenvalue weighted by Crippen LogP contribution is -2.16. The van der Waals surface area contributed by atoms with Crippen molar-refractivity contribution < 1.29 is 47.4 Å². The maximum absolute atomic E-state index is 13.0. The Balaban J connectivity index is 1.29. The summed E-state index contributed by atoms with van der Waals surface area (Å²) < 4.78 is 51.7. The number of benzene rings is 3. The standard InChI is InChI=1S/C36H47NO10/c1-2-3-14-37-28-29-8-11-31(12-9-29)47-36(38)30-10-13-34-35(27-30)46-26-22-42-18-17-40-20-24-44-33-7-5-4-6-32(33)43-23-19-39-15-16-41-21-25-45-34/h4-13,27,37H,2-3,14-26,28H2,1H3. The van der Waals surface area contributed by atoms with Crippen LogP contribution in [0.3, 0.4) is 0 Å². The van der Waals surface area contributed by atoms with Gasteiger partial charge in [0.15, 0.2) is 23.0 Å². The number of esters is 1. The van der Waals surface area contributed by atoms with E-state index in [1.165, 1.54) is 0 Å². The summed E-state index contributed by atoms with van der Waals surface area (Å²) >= 11 is 0. The Morgan fingerprint density at radius 1 is 0.617 bits per heavy atom. The summed E-state index contributed by atoms with van der Waals surface area (Å²) in [4.78, 5) is 13.0. The van der Waals surface area contributed by atoms with Crippen molar-refractivity contribution in [3.05, 3.63) is 77.9 Å².